The molecular formula is C50H97N5O5. The fourth-order valence-corrected chi connectivity index (χ4v) is 8.28. The Hall–Kier alpha value is -2.04. The molecule has 10 heteroatoms. The van der Waals surface area contributed by atoms with Crippen LogP contribution in [0.1, 0.15) is 207 Å². The van der Waals surface area contributed by atoms with Crippen LogP contribution < -0.4 is 0 Å². The molecule has 60 heavy (non-hydrogen) atoms. The first-order chi connectivity index (χ1) is 29.4. The third-order valence-corrected chi connectivity index (χ3v) is 12.3. The van der Waals surface area contributed by atoms with Gasteiger partial charge < -0.3 is 24.2 Å². The van der Waals surface area contributed by atoms with Gasteiger partial charge in [0.2, 0.25) is 11.8 Å². The molecule has 352 valence electrons. The summed E-state index contributed by atoms with van der Waals surface area (Å²) >= 11 is 0. The number of esters is 1. The summed E-state index contributed by atoms with van der Waals surface area (Å²) in [4.78, 5) is 61.9. The molecule has 0 unspecified atom stereocenters. The number of hydrogen-bond acceptors (Lipinski definition) is 8. The molecule has 0 atom stereocenters. The fourth-order valence-electron chi connectivity index (χ4n) is 8.28. The Kier molecular flexibility index (Phi) is 38.2. The Morgan fingerprint density at radius 3 is 1.23 bits per heavy atom. The summed E-state index contributed by atoms with van der Waals surface area (Å²) in [5.41, 5.74) is 0. The Balaban J connectivity index is 2.79. The van der Waals surface area contributed by atoms with Crippen LogP contribution in [0.2, 0.25) is 0 Å². The molecule has 0 aliphatic carbocycles. The molecule has 1 fully saturated rings. The summed E-state index contributed by atoms with van der Waals surface area (Å²) in [6, 6.07) is 0. The van der Waals surface area contributed by atoms with Gasteiger partial charge in [-0.15, -0.1) is 0 Å². The van der Waals surface area contributed by atoms with E-state index in [1.807, 2.05) is 9.80 Å². The second-order valence-corrected chi connectivity index (χ2v) is 17.9. The molecule has 1 heterocycles. The molecule has 0 aromatic rings. The molecule has 0 aromatic carbocycles. The summed E-state index contributed by atoms with van der Waals surface area (Å²) in [6.07, 6.45) is 33.1. The van der Waals surface area contributed by atoms with Crippen molar-refractivity contribution in [2.24, 2.45) is 0 Å². The first-order valence-electron chi connectivity index (χ1n) is 25.7. The highest BCUT2D eigenvalue weighted by Crippen LogP contribution is 2.13. The molecule has 0 aromatic heterocycles. The molecule has 1 aliphatic rings. The molecule has 2 amide bonds. The van der Waals surface area contributed by atoms with Crippen LogP contribution in [-0.4, -0.2) is 140 Å². The van der Waals surface area contributed by atoms with E-state index in [0.29, 0.717) is 58.7 Å². The second kappa shape index (κ2) is 41.0. The highest BCUT2D eigenvalue weighted by molar-refractivity contribution is 5.80. The second-order valence-electron chi connectivity index (χ2n) is 17.9. The van der Waals surface area contributed by atoms with Crippen molar-refractivity contribution < 1.29 is 23.9 Å². The molecular weight excluding hydrogens is 751 g/mol. The van der Waals surface area contributed by atoms with Crippen LogP contribution in [0, 0.1) is 0 Å². The van der Waals surface area contributed by atoms with E-state index in [1.165, 1.54) is 122 Å². The van der Waals surface area contributed by atoms with E-state index in [2.05, 4.69) is 42.4 Å². The minimum absolute atomic E-state index is 0.0784. The number of piperazine rings is 1. The SMILES string of the molecule is CCCCCCCCCN(CCCC(=O)OCCCCC)CCN(CCCCCCCCC)CC(=O)N1CCN(C(=O)CN(CCCC=O)CCCCCCCCC)CC1. The van der Waals surface area contributed by atoms with Crippen molar-refractivity contribution in [3.05, 3.63) is 0 Å². The largest absolute Gasteiger partial charge is 0.466 e. The molecule has 1 rings (SSSR count). The lowest BCUT2D eigenvalue weighted by atomic mass is 10.1. The van der Waals surface area contributed by atoms with Crippen molar-refractivity contribution >= 4 is 24.1 Å². The monoisotopic (exact) mass is 848 g/mol. The van der Waals surface area contributed by atoms with Crippen LogP contribution in [-0.2, 0) is 23.9 Å². The number of carbonyl (C=O) groups is 4. The van der Waals surface area contributed by atoms with Gasteiger partial charge in [0.05, 0.1) is 19.7 Å². The van der Waals surface area contributed by atoms with E-state index in [4.69, 9.17) is 4.74 Å². The third kappa shape index (κ3) is 31.8. The van der Waals surface area contributed by atoms with Crippen molar-refractivity contribution in [1.82, 2.24) is 24.5 Å². The molecule has 0 bridgehead atoms. The molecule has 0 spiro atoms. The van der Waals surface area contributed by atoms with Crippen molar-refractivity contribution in [3.8, 4) is 0 Å². The van der Waals surface area contributed by atoms with Crippen LogP contribution >= 0.6 is 0 Å². The Morgan fingerprint density at radius 1 is 0.433 bits per heavy atom. The van der Waals surface area contributed by atoms with Crippen molar-refractivity contribution in [1.29, 1.82) is 0 Å². The number of carbonyl (C=O) groups excluding carboxylic acids is 4. The number of amides is 2. The number of ether oxygens (including phenoxy) is 1. The van der Waals surface area contributed by atoms with Gasteiger partial charge in [-0.2, -0.15) is 0 Å². The lowest BCUT2D eigenvalue weighted by Gasteiger charge is -2.37. The minimum Gasteiger partial charge on any atom is -0.466 e. The highest BCUT2D eigenvalue weighted by Gasteiger charge is 2.26. The van der Waals surface area contributed by atoms with E-state index >= 15 is 0 Å². The first kappa shape index (κ1) is 56.0. The van der Waals surface area contributed by atoms with Gasteiger partial charge in [0.15, 0.2) is 0 Å². The topological polar surface area (TPSA) is 93.7 Å². The third-order valence-electron chi connectivity index (χ3n) is 12.3. The van der Waals surface area contributed by atoms with Gasteiger partial charge in [0.25, 0.3) is 0 Å². The zero-order chi connectivity index (χ0) is 43.7. The Bertz CT molecular complexity index is 1020. The van der Waals surface area contributed by atoms with Crippen molar-refractivity contribution in [2.45, 2.75) is 207 Å². The molecule has 1 aliphatic heterocycles. The van der Waals surface area contributed by atoms with Gasteiger partial charge in [-0.05, 0) is 71.2 Å². The predicted molar refractivity (Wildman–Crippen MR) is 251 cm³/mol. The van der Waals surface area contributed by atoms with Gasteiger partial charge >= 0.3 is 5.97 Å². The standard InChI is InChI=1S/C50H97N5O5/c1-5-9-13-16-19-22-25-33-51(37-31-32-50(59)60-45-30-12-8-4)38-39-53(35-27-24-21-18-15-11-7-3)47-49(58)55-42-40-54(41-43-55)48(57)46-52(36-28-29-44-56)34-26-23-20-17-14-10-6-2/h44H,5-43,45-47H2,1-4H3. The predicted octanol–water partition coefficient (Wildman–Crippen LogP) is 10.3. The van der Waals surface area contributed by atoms with Gasteiger partial charge in [0.1, 0.15) is 6.29 Å². The van der Waals surface area contributed by atoms with Crippen molar-refractivity contribution in [2.75, 3.05) is 91.7 Å². The first-order valence-corrected chi connectivity index (χ1v) is 25.7. The zero-order valence-electron chi connectivity index (χ0n) is 40.1. The van der Waals surface area contributed by atoms with E-state index in [9.17, 15) is 19.2 Å². The summed E-state index contributed by atoms with van der Waals surface area (Å²) in [7, 11) is 0. The number of aldehydes is 1. The Morgan fingerprint density at radius 2 is 0.783 bits per heavy atom. The number of hydrogen-bond donors (Lipinski definition) is 0. The van der Waals surface area contributed by atoms with Gasteiger partial charge in [-0.1, -0.05) is 156 Å². The fraction of sp³-hybridized carbons (Fsp3) is 0.920. The van der Waals surface area contributed by atoms with E-state index in [-0.39, 0.29) is 17.8 Å². The molecule has 0 saturated carbocycles. The quantitative estimate of drug-likeness (QED) is 0.0340. The van der Waals surface area contributed by atoms with Crippen LogP contribution in [0.4, 0.5) is 0 Å². The van der Waals surface area contributed by atoms with Gasteiger partial charge in [-0.3, -0.25) is 24.2 Å². The highest BCUT2D eigenvalue weighted by atomic mass is 16.5. The molecule has 0 N–H and O–H groups in total. The normalized spacial score (nSPS) is 13.2. The molecule has 10 nitrogen and oxygen atoms in total. The van der Waals surface area contributed by atoms with Crippen LogP contribution in [0.15, 0.2) is 0 Å². The molecule has 0 radical (unpaired) electrons. The lowest BCUT2D eigenvalue weighted by molar-refractivity contribution is -0.144. The summed E-state index contributed by atoms with van der Waals surface area (Å²) in [5, 5.41) is 0. The summed E-state index contributed by atoms with van der Waals surface area (Å²) in [6.45, 7) is 18.8. The average Bonchev–Trinajstić information content (AvgIpc) is 3.25. The number of rotatable bonds is 43. The van der Waals surface area contributed by atoms with Crippen LogP contribution in [0.5, 0.6) is 0 Å². The van der Waals surface area contributed by atoms with E-state index < -0.39 is 0 Å². The minimum atomic E-state index is -0.0784. The van der Waals surface area contributed by atoms with Crippen LogP contribution in [0.25, 0.3) is 0 Å². The summed E-state index contributed by atoms with van der Waals surface area (Å²) < 4.78 is 5.50. The number of nitrogens with zero attached hydrogens (tertiary/aromatic N) is 5. The maximum atomic E-state index is 13.9. The maximum absolute atomic E-state index is 13.9. The average molecular weight is 848 g/mol. The lowest BCUT2D eigenvalue weighted by Crippen LogP contribution is -2.54. The number of unbranched alkanes of at least 4 members (excludes halogenated alkanes) is 21. The molecule has 1 saturated heterocycles. The maximum Gasteiger partial charge on any atom is 0.305 e. The smallest absolute Gasteiger partial charge is 0.305 e. The Labute approximate surface area is 370 Å². The van der Waals surface area contributed by atoms with Crippen LogP contribution in [0.3, 0.4) is 0 Å². The summed E-state index contributed by atoms with van der Waals surface area (Å²) in [5.74, 6) is 0.233. The van der Waals surface area contributed by atoms with E-state index in [0.717, 1.165) is 97.0 Å². The van der Waals surface area contributed by atoms with E-state index in [1.54, 1.807) is 0 Å². The van der Waals surface area contributed by atoms with Gasteiger partial charge in [-0.25, -0.2) is 0 Å². The zero-order valence-corrected chi connectivity index (χ0v) is 40.1. The van der Waals surface area contributed by atoms with Gasteiger partial charge in [0, 0.05) is 52.1 Å². The van der Waals surface area contributed by atoms with Crippen molar-refractivity contribution in [3.63, 3.8) is 0 Å².